The molecule has 1 heterocycles. The minimum Gasteiger partial charge on any atom is -0.342 e. The van der Waals surface area contributed by atoms with E-state index in [0.717, 1.165) is 38.8 Å². The van der Waals surface area contributed by atoms with E-state index in [4.69, 9.17) is 0 Å². The van der Waals surface area contributed by atoms with Crippen LogP contribution in [0.15, 0.2) is 0 Å². The molecule has 4 heteroatoms. The van der Waals surface area contributed by atoms with Crippen molar-refractivity contribution in [3.05, 3.63) is 0 Å². The molecule has 2 rings (SSSR count). The lowest BCUT2D eigenvalue weighted by Gasteiger charge is -2.34. The van der Waals surface area contributed by atoms with Crippen molar-refractivity contribution in [1.82, 2.24) is 10.2 Å². The van der Waals surface area contributed by atoms with Gasteiger partial charge in [0.05, 0.1) is 0 Å². The summed E-state index contributed by atoms with van der Waals surface area (Å²) in [6.07, 6.45) is 11.0. The molecule has 1 saturated carbocycles. The van der Waals surface area contributed by atoms with E-state index in [9.17, 15) is 4.79 Å². The molecule has 0 atom stereocenters. The Morgan fingerprint density at radius 2 is 1.47 bits per heavy atom. The first-order valence-electron chi connectivity index (χ1n) is 7.77. The number of hydrogen-bond acceptors (Lipinski definition) is 2. The zero-order valence-corrected chi connectivity index (χ0v) is 13.0. The minimum atomic E-state index is 0. The van der Waals surface area contributed by atoms with Crippen LogP contribution in [0.1, 0.15) is 57.8 Å². The van der Waals surface area contributed by atoms with E-state index in [1.165, 1.54) is 32.1 Å². The van der Waals surface area contributed by atoms with Gasteiger partial charge in [0.25, 0.3) is 0 Å². The second-order valence-corrected chi connectivity index (χ2v) is 5.93. The molecular formula is C15H29ClN2O. The van der Waals surface area contributed by atoms with Crippen LogP contribution in [0.25, 0.3) is 0 Å². The molecule has 1 amide bonds. The third-order valence-electron chi connectivity index (χ3n) is 4.67. The maximum atomic E-state index is 12.5. The van der Waals surface area contributed by atoms with E-state index < -0.39 is 0 Å². The van der Waals surface area contributed by atoms with E-state index in [1.807, 2.05) is 7.05 Å². The van der Waals surface area contributed by atoms with Gasteiger partial charge in [-0.2, -0.15) is 0 Å². The first-order chi connectivity index (χ1) is 8.81. The highest BCUT2D eigenvalue weighted by Crippen LogP contribution is 2.25. The number of amides is 1. The summed E-state index contributed by atoms with van der Waals surface area (Å²) in [7, 11) is 2.02. The maximum absolute atomic E-state index is 12.5. The highest BCUT2D eigenvalue weighted by atomic mass is 35.5. The quantitative estimate of drug-likeness (QED) is 0.847. The van der Waals surface area contributed by atoms with Gasteiger partial charge < -0.3 is 10.2 Å². The zero-order chi connectivity index (χ0) is 12.8. The Morgan fingerprint density at radius 1 is 0.947 bits per heavy atom. The van der Waals surface area contributed by atoms with Crippen LogP contribution < -0.4 is 5.32 Å². The smallest absolute Gasteiger partial charge is 0.225 e. The first-order valence-corrected chi connectivity index (χ1v) is 7.77. The van der Waals surface area contributed by atoms with Crippen molar-refractivity contribution < 1.29 is 4.79 Å². The van der Waals surface area contributed by atoms with Gasteiger partial charge >= 0.3 is 0 Å². The predicted octanol–water partition coefficient (Wildman–Crippen LogP) is 2.98. The molecule has 0 unspecified atom stereocenters. The molecule has 1 N–H and O–H groups in total. The van der Waals surface area contributed by atoms with Gasteiger partial charge in [0.15, 0.2) is 0 Å². The summed E-state index contributed by atoms with van der Waals surface area (Å²) >= 11 is 0. The predicted molar refractivity (Wildman–Crippen MR) is 81.7 cm³/mol. The lowest BCUT2D eigenvalue weighted by atomic mass is 9.89. The molecular weight excluding hydrogens is 260 g/mol. The Bertz CT molecular complexity index is 257. The molecule has 0 aromatic rings. The standard InChI is InChI=1S/C15H28N2O.ClH/c1-16-14-9-11-17(12-10-14)15(18)13-7-5-3-2-4-6-8-13;/h13-14,16H,2-12H2,1H3;1H. The second kappa shape index (κ2) is 8.80. The van der Waals surface area contributed by atoms with E-state index >= 15 is 0 Å². The van der Waals surface area contributed by atoms with Crippen molar-refractivity contribution in [2.75, 3.05) is 20.1 Å². The molecule has 0 spiro atoms. The average Bonchev–Trinajstić information content (AvgIpc) is 2.38. The Balaban J connectivity index is 0.00000180. The lowest BCUT2D eigenvalue weighted by Crippen LogP contribution is -2.46. The molecule has 1 aliphatic carbocycles. The van der Waals surface area contributed by atoms with E-state index in [2.05, 4.69) is 10.2 Å². The lowest BCUT2D eigenvalue weighted by molar-refractivity contribution is -0.137. The summed E-state index contributed by atoms with van der Waals surface area (Å²) in [6, 6.07) is 0.617. The number of carbonyl (C=O) groups is 1. The number of hydrogen-bond donors (Lipinski definition) is 1. The molecule has 0 aromatic heterocycles. The van der Waals surface area contributed by atoms with Gasteiger partial charge in [-0.25, -0.2) is 0 Å². The van der Waals surface area contributed by atoms with Crippen molar-refractivity contribution in [3.8, 4) is 0 Å². The fraction of sp³-hybridized carbons (Fsp3) is 0.933. The van der Waals surface area contributed by atoms with Crippen LogP contribution in [-0.2, 0) is 4.79 Å². The summed E-state index contributed by atoms with van der Waals surface area (Å²) in [6.45, 7) is 1.92. The van der Waals surface area contributed by atoms with Gasteiger partial charge in [0.1, 0.15) is 0 Å². The molecule has 0 radical (unpaired) electrons. The van der Waals surface area contributed by atoms with Gasteiger partial charge in [0, 0.05) is 25.0 Å². The van der Waals surface area contributed by atoms with Gasteiger partial charge in [-0.05, 0) is 32.7 Å². The fourth-order valence-electron chi connectivity index (χ4n) is 3.35. The van der Waals surface area contributed by atoms with Crippen molar-refractivity contribution in [2.45, 2.75) is 63.8 Å². The molecule has 1 saturated heterocycles. The average molecular weight is 289 g/mol. The second-order valence-electron chi connectivity index (χ2n) is 5.93. The Kier molecular flexibility index (Phi) is 7.77. The normalized spacial score (nSPS) is 23.3. The van der Waals surface area contributed by atoms with Crippen molar-refractivity contribution in [3.63, 3.8) is 0 Å². The van der Waals surface area contributed by atoms with Crippen LogP contribution in [0.5, 0.6) is 0 Å². The molecule has 0 aromatic carbocycles. The van der Waals surface area contributed by atoms with Crippen LogP contribution >= 0.6 is 12.4 Å². The van der Waals surface area contributed by atoms with Crippen molar-refractivity contribution in [1.29, 1.82) is 0 Å². The molecule has 2 fully saturated rings. The number of carbonyl (C=O) groups excluding carboxylic acids is 1. The van der Waals surface area contributed by atoms with Gasteiger partial charge in [-0.1, -0.05) is 32.1 Å². The minimum absolute atomic E-state index is 0. The number of nitrogens with zero attached hydrogens (tertiary/aromatic N) is 1. The number of halogens is 1. The molecule has 2 aliphatic rings. The number of rotatable bonds is 2. The van der Waals surface area contributed by atoms with Gasteiger partial charge in [0.2, 0.25) is 5.91 Å². The largest absolute Gasteiger partial charge is 0.342 e. The van der Waals surface area contributed by atoms with Gasteiger partial charge in [-0.3, -0.25) is 4.79 Å². The van der Waals surface area contributed by atoms with Crippen molar-refractivity contribution >= 4 is 18.3 Å². The highest BCUT2D eigenvalue weighted by molar-refractivity contribution is 5.85. The Hall–Kier alpha value is -0.280. The van der Waals surface area contributed by atoms with E-state index in [1.54, 1.807) is 0 Å². The molecule has 3 nitrogen and oxygen atoms in total. The third kappa shape index (κ3) is 4.96. The topological polar surface area (TPSA) is 32.3 Å². The molecule has 112 valence electrons. The molecule has 0 bridgehead atoms. The highest BCUT2D eigenvalue weighted by Gasteiger charge is 2.27. The van der Waals surface area contributed by atoms with Crippen LogP contribution in [0.3, 0.4) is 0 Å². The van der Waals surface area contributed by atoms with E-state index in [0.29, 0.717) is 17.9 Å². The van der Waals surface area contributed by atoms with Crippen LogP contribution in [0.4, 0.5) is 0 Å². The molecule has 19 heavy (non-hydrogen) atoms. The summed E-state index contributed by atoms with van der Waals surface area (Å²) < 4.78 is 0. The fourth-order valence-corrected chi connectivity index (χ4v) is 3.35. The van der Waals surface area contributed by atoms with Crippen LogP contribution in [0, 0.1) is 5.92 Å². The molecule has 1 aliphatic heterocycles. The Morgan fingerprint density at radius 3 is 2.00 bits per heavy atom. The number of likely N-dealkylation sites (tertiary alicyclic amines) is 1. The number of piperidine rings is 1. The summed E-state index contributed by atoms with van der Waals surface area (Å²) in [4.78, 5) is 14.6. The SMILES string of the molecule is CNC1CCN(C(=O)C2CCCCCCC2)CC1.Cl. The summed E-state index contributed by atoms with van der Waals surface area (Å²) in [5.74, 6) is 0.780. The van der Waals surface area contributed by atoms with Crippen molar-refractivity contribution in [2.24, 2.45) is 5.92 Å². The van der Waals surface area contributed by atoms with Crippen LogP contribution in [-0.4, -0.2) is 37.0 Å². The summed E-state index contributed by atoms with van der Waals surface area (Å²) in [5, 5.41) is 3.32. The number of nitrogens with one attached hydrogen (secondary N) is 1. The van der Waals surface area contributed by atoms with E-state index in [-0.39, 0.29) is 12.4 Å². The van der Waals surface area contributed by atoms with Crippen LogP contribution in [0.2, 0.25) is 0 Å². The Labute approximate surface area is 123 Å². The maximum Gasteiger partial charge on any atom is 0.225 e. The zero-order valence-electron chi connectivity index (χ0n) is 12.2. The summed E-state index contributed by atoms with van der Waals surface area (Å²) in [5.41, 5.74) is 0. The van der Waals surface area contributed by atoms with Gasteiger partial charge in [-0.15, -0.1) is 12.4 Å². The first kappa shape index (κ1) is 16.8. The monoisotopic (exact) mass is 288 g/mol. The third-order valence-corrected chi connectivity index (χ3v) is 4.67.